The van der Waals surface area contributed by atoms with E-state index in [1.165, 1.54) is 0 Å². The van der Waals surface area contributed by atoms with E-state index in [2.05, 4.69) is 11.1 Å². The fourth-order valence-corrected chi connectivity index (χ4v) is 1.08. The van der Waals surface area contributed by atoms with Crippen LogP contribution < -0.4 is 4.74 Å². The zero-order valence-electron chi connectivity index (χ0n) is 6.16. The van der Waals surface area contributed by atoms with Gasteiger partial charge in [0.15, 0.2) is 0 Å². The first-order valence-corrected chi connectivity index (χ1v) is 3.71. The Labute approximate surface area is 65.5 Å². The Morgan fingerprint density at radius 2 is 2.45 bits per heavy atom. The van der Waals surface area contributed by atoms with Crippen LogP contribution in [0.15, 0.2) is 24.4 Å². The number of ether oxygens (including phenoxy) is 1. The standard InChI is InChI=1S/C9H9NO/c1-2-7-11-9-5-3-6-10-8(9)4-1/h1,3-6H,2,7H2. The zero-order chi connectivity index (χ0) is 7.52. The van der Waals surface area contributed by atoms with Gasteiger partial charge in [0.2, 0.25) is 0 Å². The molecule has 0 fully saturated rings. The predicted molar refractivity (Wildman–Crippen MR) is 43.4 cm³/mol. The number of pyridine rings is 1. The van der Waals surface area contributed by atoms with Crippen molar-refractivity contribution in [2.75, 3.05) is 6.61 Å². The van der Waals surface area contributed by atoms with Gasteiger partial charge >= 0.3 is 0 Å². The fourth-order valence-electron chi connectivity index (χ4n) is 1.08. The van der Waals surface area contributed by atoms with E-state index < -0.39 is 0 Å². The predicted octanol–water partition coefficient (Wildman–Crippen LogP) is 1.88. The van der Waals surface area contributed by atoms with Crippen molar-refractivity contribution < 1.29 is 4.74 Å². The molecule has 1 aromatic heterocycles. The lowest BCUT2D eigenvalue weighted by Gasteiger charge is -2.02. The molecule has 0 bridgehead atoms. The molecule has 0 atom stereocenters. The highest BCUT2D eigenvalue weighted by Crippen LogP contribution is 2.19. The number of hydrogen-bond acceptors (Lipinski definition) is 2. The minimum Gasteiger partial charge on any atom is -0.491 e. The van der Waals surface area contributed by atoms with Crippen molar-refractivity contribution in [1.29, 1.82) is 0 Å². The normalized spacial score (nSPS) is 14.9. The molecule has 1 aliphatic rings. The molecule has 56 valence electrons. The van der Waals surface area contributed by atoms with Gasteiger partial charge in [0, 0.05) is 6.20 Å². The fraction of sp³-hybridized carbons (Fsp3) is 0.222. The van der Waals surface area contributed by atoms with Gasteiger partial charge in [0.05, 0.1) is 6.61 Å². The van der Waals surface area contributed by atoms with Gasteiger partial charge in [0.1, 0.15) is 11.4 Å². The highest BCUT2D eigenvalue weighted by Gasteiger charge is 2.02. The largest absolute Gasteiger partial charge is 0.491 e. The average Bonchev–Trinajstić information content (AvgIpc) is 2.28. The third kappa shape index (κ3) is 1.24. The average molecular weight is 147 g/mol. The van der Waals surface area contributed by atoms with Gasteiger partial charge in [-0.2, -0.15) is 0 Å². The lowest BCUT2D eigenvalue weighted by molar-refractivity contribution is 0.325. The van der Waals surface area contributed by atoms with Crippen molar-refractivity contribution >= 4 is 6.08 Å². The summed E-state index contributed by atoms with van der Waals surface area (Å²) in [6.45, 7) is 0.759. The summed E-state index contributed by atoms with van der Waals surface area (Å²) in [5.74, 6) is 0.890. The molecule has 0 aliphatic carbocycles. The third-order valence-electron chi connectivity index (χ3n) is 1.62. The molecule has 0 saturated carbocycles. The van der Waals surface area contributed by atoms with Crippen LogP contribution in [0.3, 0.4) is 0 Å². The van der Waals surface area contributed by atoms with E-state index in [9.17, 15) is 0 Å². The van der Waals surface area contributed by atoms with E-state index in [0.717, 1.165) is 24.5 Å². The first-order valence-electron chi connectivity index (χ1n) is 3.71. The summed E-state index contributed by atoms with van der Waals surface area (Å²) in [7, 11) is 0. The number of hydrogen-bond donors (Lipinski definition) is 0. The first-order chi connectivity index (χ1) is 5.47. The van der Waals surface area contributed by atoms with Crippen LogP contribution in [0.25, 0.3) is 6.08 Å². The van der Waals surface area contributed by atoms with Gasteiger partial charge in [-0.3, -0.25) is 4.98 Å². The summed E-state index contributed by atoms with van der Waals surface area (Å²) >= 11 is 0. The molecule has 11 heavy (non-hydrogen) atoms. The zero-order valence-corrected chi connectivity index (χ0v) is 6.16. The van der Waals surface area contributed by atoms with Crippen molar-refractivity contribution in [2.24, 2.45) is 0 Å². The summed E-state index contributed by atoms with van der Waals surface area (Å²) < 4.78 is 5.42. The molecule has 1 aliphatic heterocycles. The maximum absolute atomic E-state index is 5.42. The van der Waals surface area contributed by atoms with Gasteiger partial charge in [-0.05, 0) is 24.6 Å². The summed E-state index contributed by atoms with van der Waals surface area (Å²) in [5, 5.41) is 0. The van der Waals surface area contributed by atoms with E-state index in [1.807, 2.05) is 18.2 Å². The van der Waals surface area contributed by atoms with Crippen molar-refractivity contribution in [1.82, 2.24) is 4.98 Å². The monoisotopic (exact) mass is 147 g/mol. The maximum Gasteiger partial charge on any atom is 0.144 e. The van der Waals surface area contributed by atoms with Crippen LogP contribution >= 0.6 is 0 Å². The lowest BCUT2D eigenvalue weighted by Crippen LogP contribution is -1.95. The molecular weight excluding hydrogens is 138 g/mol. The minimum atomic E-state index is 0.759. The van der Waals surface area contributed by atoms with Crippen molar-refractivity contribution in [3.8, 4) is 5.75 Å². The van der Waals surface area contributed by atoms with Gasteiger partial charge < -0.3 is 4.74 Å². The minimum absolute atomic E-state index is 0.759. The molecule has 0 amide bonds. The second kappa shape index (κ2) is 2.74. The molecule has 1 aromatic rings. The van der Waals surface area contributed by atoms with Gasteiger partial charge in [-0.1, -0.05) is 6.08 Å². The Bertz CT molecular complexity index is 281. The quantitative estimate of drug-likeness (QED) is 0.559. The van der Waals surface area contributed by atoms with Crippen LogP contribution in [0.2, 0.25) is 0 Å². The summed E-state index contributed by atoms with van der Waals surface area (Å²) in [5.41, 5.74) is 0.935. The van der Waals surface area contributed by atoms with Crippen molar-refractivity contribution in [3.05, 3.63) is 30.1 Å². The Hall–Kier alpha value is -1.31. The molecule has 0 N–H and O–H groups in total. The smallest absolute Gasteiger partial charge is 0.144 e. The highest BCUT2D eigenvalue weighted by molar-refractivity contribution is 5.53. The number of rotatable bonds is 0. The van der Waals surface area contributed by atoms with E-state index in [-0.39, 0.29) is 0 Å². The van der Waals surface area contributed by atoms with E-state index in [0.29, 0.717) is 0 Å². The van der Waals surface area contributed by atoms with Crippen molar-refractivity contribution in [3.63, 3.8) is 0 Å². The summed E-state index contributed by atoms with van der Waals surface area (Å²) in [4.78, 5) is 4.17. The van der Waals surface area contributed by atoms with Crippen LogP contribution in [0, 0.1) is 0 Å². The Balaban J connectivity index is 2.45. The van der Waals surface area contributed by atoms with Crippen LogP contribution in [0.1, 0.15) is 12.1 Å². The second-order valence-corrected chi connectivity index (χ2v) is 2.43. The number of fused-ring (bicyclic) bond motifs is 1. The lowest BCUT2D eigenvalue weighted by atomic mass is 10.3. The van der Waals surface area contributed by atoms with Gasteiger partial charge in [-0.15, -0.1) is 0 Å². The molecule has 0 unspecified atom stereocenters. The van der Waals surface area contributed by atoms with Gasteiger partial charge in [0.25, 0.3) is 0 Å². The topological polar surface area (TPSA) is 22.1 Å². The molecule has 0 saturated heterocycles. The Morgan fingerprint density at radius 3 is 3.45 bits per heavy atom. The van der Waals surface area contributed by atoms with Crippen LogP contribution in [0.4, 0.5) is 0 Å². The molecular formula is C9H9NO. The molecule has 2 heterocycles. The van der Waals surface area contributed by atoms with E-state index >= 15 is 0 Å². The molecule has 0 radical (unpaired) electrons. The molecule has 2 heteroatoms. The molecule has 2 nitrogen and oxygen atoms in total. The third-order valence-corrected chi connectivity index (χ3v) is 1.62. The van der Waals surface area contributed by atoms with Gasteiger partial charge in [-0.25, -0.2) is 0 Å². The van der Waals surface area contributed by atoms with E-state index in [1.54, 1.807) is 6.20 Å². The first kappa shape index (κ1) is 6.40. The maximum atomic E-state index is 5.42. The summed E-state index contributed by atoms with van der Waals surface area (Å²) in [6, 6.07) is 3.83. The van der Waals surface area contributed by atoms with Crippen LogP contribution in [-0.2, 0) is 0 Å². The number of nitrogens with zero attached hydrogens (tertiary/aromatic N) is 1. The molecule has 2 rings (SSSR count). The summed E-state index contributed by atoms with van der Waals surface area (Å²) in [6.07, 6.45) is 6.83. The Kier molecular flexibility index (Phi) is 1.60. The van der Waals surface area contributed by atoms with E-state index in [4.69, 9.17) is 4.74 Å². The van der Waals surface area contributed by atoms with Crippen LogP contribution in [0.5, 0.6) is 5.75 Å². The second-order valence-electron chi connectivity index (χ2n) is 2.43. The Morgan fingerprint density at radius 1 is 1.45 bits per heavy atom. The molecule has 0 aromatic carbocycles. The molecule has 0 spiro atoms. The van der Waals surface area contributed by atoms with Crippen molar-refractivity contribution in [2.45, 2.75) is 6.42 Å². The number of aromatic nitrogens is 1. The van der Waals surface area contributed by atoms with Crippen LogP contribution in [-0.4, -0.2) is 11.6 Å². The SMILES string of the molecule is C1=Cc2ncccc2OCC1. The highest BCUT2D eigenvalue weighted by atomic mass is 16.5.